The Bertz CT molecular complexity index is 757. The van der Waals surface area contributed by atoms with E-state index >= 15 is 0 Å². The summed E-state index contributed by atoms with van der Waals surface area (Å²) in [4.78, 5) is 54.5. The second-order valence-corrected chi connectivity index (χ2v) is 9.80. The summed E-state index contributed by atoms with van der Waals surface area (Å²) in [6.45, 7) is 8.20. The number of nitrogens with one attached hydrogen (secondary N) is 3. The number of carbonyl (C=O) groups excluding carboxylic acids is 3. The third kappa shape index (κ3) is 14.4. The van der Waals surface area contributed by atoms with E-state index in [1.54, 1.807) is 0 Å². The molecule has 214 valence electrons. The summed E-state index contributed by atoms with van der Waals surface area (Å²) < 4.78 is 0. The van der Waals surface area contributed by atoms with Crippen LogP contribution < -0.4 is 38.9 Å². The van der Waals surface area contributed by atoms with Crippen molar-refractivity contribution >= 4 is 29.7 Å². The highest BCUT2D eigenvalue weighted by Gasteiger charge is 2.31. The number of amides is 3. The Morgan fingerprint density at radius 2 is 1.38 bits per heavy atom. The standard InChI is InChI=1S/C24H48N8O5/c1-5-15(4)19(26)22(35)32-18(13-14(2)3)21(34)30-16(10-8-12-29-24(27)28)20(33)31-17(23(36)37)9-6-7-11-25/h14-19H,5-13,25-26H2,1-4H3,(H,30,34)(H,31,33)(H,32,35)(H,36,37)(H4,27,28,29). The molecule has 5 unspecified atom stereocenters. The van der Waals surface area contributed by atoms with Crippen LogP contribution in [0.4, 0.5) is 0 Å². The van der Waals surface area contributed by atoms with Gasteiger partial charge in [-0.1, -0.05) is 34.1 Å². The minimum atomic E-state index is -1.18. The van der Waals surface area contributed by atoms with Gasteiger partial charge in [-0.15, -0.1) is 0 Å². The number of rotatable bonds is 19. The molecule has 0 saturated carbocycles. The van der Waals surface area contributed by atoms with Gasteiger partial charge in [-0.2, -0.15) is 0 Å². The van der Waals surface area contributed by atoms with Gasteiger partial charge in [0.25, 0.3) is 0 Å². The Morgan fingerprint density at radius 1 is 0.838 bits per heavy atom. The van der Waals surface area contributed by atoms with E-state index < -0.39 is 47.9 Å². The van der Waals surface area contributed by atoms with Gasteiger partial charge in [0.2, 0.25) is 17.7 Å². The molecule has 5 atom stereocenters. The Hall–Kier alpha value is -2.93. The number of aliphatic imine (C=N–C) groups is 1. The van der Waals surface area contributed by atoms with Crippen LogP contribution in [0.3, 0.4) is 0 Å². The molecule has 0 aromatic carbocycles. The molecule has 0 aliphatic rings. The highest BCUT2D eigenvalue weighted by atomic mass is 16.4. The van der Waals surface area contributed by atoms with Gasteiger partial charge < -0.3 is 44.0 Å². The van der Waals surface area contributed by atoms with Crippen molar-refractivity contribution in [3.63, 3.8) is 0 Å². The largest absolute Gasteiger partial charge is 0.480 e. The van der Waals surface area contributed by atoms with Crippen molar-refractivity contribution in [1.82, 2.24) is 16.0 Å². The van der Waals surface area contributed by atoms with Crippen LogP contribution in [0.1, 0.15) is 72.6 Å². The molecule has 3 amide bonds. The van der Waals surface area contributed by atoms with Crippen molar-refractivity contribution in [3.05, 3.63) is 0 Å². The lowest BCUT2D eigenvalue weighted by Crippen LogP contribution is -2.57. The third-order valence-electron chi connectivity index (χ3n) is 6.04. The quantitative estimate of drug-likeness (QED) is 0.0589. The minimum absolute atomic E-state index is 0.0592. The summed E-state index contributed by atoms with van der Waals surface area (Å²) >= 11 is 0. The lowest BCUT2D eigenvalue weighted by atomic mass is 9.97. The molecule has 0 fully saturated rings. The van der Waals surface area contributed by atoms with Crippen molar-refractivity contribution in [1.29, 1.82) is 0 Å². The fraction of sp³-hybridized carbons (Fsp3) is 0.792. The molecule has 0 aliphatic carbocycles. The molecule has 0 aliphatic heterocycles. The number of nitrogens with two attached hydrogens (primary N) is 4. The van der Waals surface area contributed by atoms with Gasteiger partial charge in [0.1, 0.15) is 18.1 Å². The monoisotopic (exact) mass is 528 g/mol. The van der Waals surface area contributed by atoms with Crippen LogP contribution in [0, 0.1) is 11.8 Å². The highest BCUT2D eigenvalue weighted by Crippen LogP contribution is 2.10. The lowest BCUT2D eigenvalue weighted by molar-refractivity contribution is -0.142. The first-order chi connectivity index (χ1) is 17.3. The zero-order valence-electron chi connectivity index (χ0n) is 22.7. The van der Waals surface area contributed by atoms with Crippen molar-refractivity contribution in [2.24, 2.45) is 39.8 Å². The molecule has 0 saturated heterocycles. The van der Waals surface area contributed by atoms with Crippen molar-refractivity contribution in [2.45, 2.75) is 96.8 Å². The maximum absolute atomic E-state index is 13.2. The average Bonchev–Trinajstić information content (AvgIpc) is 2.82. The average molecular weight is 529 g/mol. The summed E-state index contributed by atoms with van der Waals surface area (Å²) in [6, 6.07) is -3.89. The molecule has 0 aromatic heterocycles. The first-order valence-corrected chi connectivity index (χ1v) is 13.0. The number of carboxylic acid groups (broad SMARTS) is 1. The third-order valence-corrected chi connectivity index (χ3v) is 6.04. The molecular weight excluding hydrogens is 480 g/mol. The molecule has 0 bridgehead atoms. The van der Waals surface area contributed by atoms with Gasteiger partial charge in [-0.05, 0) is 56.9 Å². The number of nitrogens with zero attached hydrogens (tertiary/aromatic N) is 1. The van der Waals surface area contributed by atoms with Gasteiger partial charge in [-0.3, -0.25) is 19.4 Å². The molecule has 13 heteroatoms. The normalized spacial score (nSPS) is 15.1. The van der Waals surface area contributed by atoms with Gasteiger partial charge in [0.05, 0.1) is 6.04 Å². The predicted octanol–water partition coefficient (Wildman–Crippen LogP) is -0.872. The smallest absolute Gasteiger partial charge is 0.326 e. The first-order valence-electron chi connectivity index (χ1n) is 13.0. The van der Waals surface area contributed by atoms with E-state index in [4.69, 9.17) is 22.9 Å². The number of carbonyl (C=O) groups is 4. The van der Waals surface area contributed by atoms with Gasteiger partial charge in [0, 0.05) is 6.54 Å². The van der Waals surface area contributed by atoms with Crippen LogP contribution in [0.2, 0.25) is 0 Å². The van der Waals surface area contributed by atoms with Crippen LogP contribution in [-0.2, 0) is 19.2 Å². The van der Waals surface area contributed by atoms with Crippen LogP contribution >= 0.6 is 0 Å². The van der Waals surface area contributed by atoms with E-state index in [1.807, 2.05) is 27.7 Å². The topological polar surface area (TPSA) is 241 Å². The number of hydrogen-bond acceptors (Lipinski definition) is 7. The maximum Gasteiger partial charge on any atom is 0.326 e. The van der Waals surface area contributed by atoms with Gasteiger partial charge in [0.15, 0.2) is 5.96 Å². The number of unbranched alkanes of at least 4 members (excludes halogenated alkanes) is 1. The van der Waals surface area contributed by atoms with Crippen LogP contribution in [0.25, 0.3) is 0 Å². The lowest BCUT2D eigenvalue weighted by Gasteiger charge is -2.27. The van der Waals surface area contributed by atoms with Crippen molar-refractivity contribution in [2.75, 3.05) is 13.1 Å². The SMILES string of the molecule is CCC(C)C(N)C(=O)NC(CC(C)C)C(=O)NC(CCCN=C(N)N)C(=O)NC(CCCCN)C(=O)O. The Kier molecular flexibility index (Phi) is 16.9. The predicted molar refractivity (Wildman–Crippen MR) is 143 cm³/mol. The molecule has 37 heavy (non-hydrogen) atoms. The van der Waals surface area contributed by atoms with Crippen LogP contribution in [-0.4, -0.2) is 72.0 Å². The molecule has 0 rings (SSSR count). The van der Waals surface area contributed by atoms with Crippen LogP contribution in [0.5, 0.6) is 0 Å². The van der Waals surface area contributed by atoms with Gasteiger partial charge >= 0.3 is 5.97 Å². The van der Waals surface area contributed by atoms with Crippen LogP contribution in [0.15, 0.2) is 4.99 Å². The van der Waals surface area contributed by atoms with E-state index in [0.29, 0.717) is 38.6 Å². The zero-order valence-corrected chi connectivity index (χ0v) is 22.7. The van der Waals surface area contributed by atoms with E-state index in [-0.39, 0.29) is 37.2 Å². The second kappa shape index (κ2) is 18.3. The number of carboxylic acids is 1. The molecule has 13 nitrogen and oxygen atoms in total. The van der Waals surface area contributed by atoms with Crippen molar-refractivity contribution in [3.8, 4) is 0 Å². The highest BCUT2D eigenvalue weighted by molar-refractivity contribution is 5.94. The maximum atomic E-state index is 13.2. The fourth-order valence-corrected chi connectivity index (χ4v) is 3.55. The zero-order chi connectivity index (χ0) is 28.5. The first kappa shape index (κ1) is 34.1. The molecule has 12 N–H and O–H groups in total. The minimum Gasteiger partial charge on any atom is -0.480 e. The summed E-state index contributed by atoms with van der Waals surface area (Å²) in [7, 11) is 0. The molecular formula is C24H48N8O5. The van der Waals surface area contributed by atoms with E-state index in [9.17, 15) is 24.3 Å². The molecule has 0 aromatic rings. The Balaban J connectivity index is 5.64. The van der Waals surface area contributed by atoms with E-state index in [2.05, 4.69) is 20.9 Å². The van der Waals surface area contributed by atoms with Gasteiger partial charge in [-0.25, -0.2) is 4.79 Å². The molecule has 0 radical (unpaired) electrons. The molecule has 0 heterocycles. The van der Waals surface area contributed by atoms with Crippen molar-refractivity contribution < 1.29 is 24.3 Å². The number of guanidine groups is 1. The van der Waals surface area contributed by atoms with E-state index in [0.717, 1.165) is 0 Å². The fourth-order valence-electron chi connectivity index (χ4n) is 3.55. The summed E-state index contributed by atoms with van der Waals surface area (Å²) in [5, 5.41) is 17.4. The number of aliphatic carboxylic acids is 1. The summed E-state index contributed by atoms with van der Waals surface area (Å²) in [5.74, 6) is -2.96. The summed E-state index contributed by atoms with van der Waals surface area (Å²) in [5.41, 5.74) is 22.2. The molecule has 0 spiro atoms. The second-order valence-electron chi connectivity index (χ2n) is 9.80. The Morgan fingerprint density at radius 3 is 1.89 bits per heavy atom. The number of hydrogen-bond donors (Lipinski definition) is 8. The van der Waals surface area contributed by atoms with E-state index in [1.165, 1.54) is 0 Å². The summed E-state index contributed by atoms with van der Waals surface area (Å²) in [6.07, 6.45) is 2.86. The Labute approximate surface area is 219 Å².